The van der Waals surface area contributed by atoms with Gasteiger partial charge in [0, 0.05) is 19.1 Å². The molecule has 0 heterocycles. The predicted octanol–water partition coefficient (Wildman–Crippen LogP) is 1.92. The minimum atomic E-state index is -0.128. The zero-order valence-electron chi connectivity index (χ0n) is 12.5. The quantitative estimate of drug-likeness (QED) is 0.629. The summed E-state index contributed by atoms with van der Waals surface area (Å²) in [4.78, 5) is 14.3. The summed E-state index contributed by atoms with van der Waals surface area (Å²) < 4.78 is 0. The van der Waals surface area contributed by atoms with Crippen LogP contribution in [0.15, 0.2) is 0 Å². The van der Waals surface area contributed by atoms with Gasteiger partial charge in [0.15, 0.2) is 0 Å². The second kappa shape index (κ2) is 9.32. The fourth-order valence-corrected chi connectivity index (χ4v) is 2.93. The molecule has 0 aromatic heterocycles. The highest BCUT2D eigenvalue weighted by Crippen LogP contribution is 2.24. The number of rotatable bonds is 9. The van der Waals surface area contributed by atoms with E-state index in [-0.39, 0.29) is 18.6 Å². The van der Waals surface area contributed by atoms with Gasteiger partial charge in [0.05, 0.1) is 12.6 Å². The number of hydrogen-bond acceptors (Lipinski definition) is 3. The molecule has 1 saturated carbocycles. The third-order valence-corrected chi connectivity index (χ3v) is 4.11. The van der Waals surface area contributed by atoms with Crippen LogP contribution in [0.4, 0.5) is 0 Å². The number of aliphatic hydroxyl groups is 1. The molecule has 0 saturated heterocycles. The molecule has 1 rings (SSSR count). The van der Waals surface area contributed by atoms with Crippen LogP contribution in [-0.4, -0.2) is 47.7 Å². The number of unbranched alkanes of at least 4 members (excludes halogenated alkanes) is 2. The van der Waals surface area contributed by atoms with Gasteiger partial charge in [0.1, 0.15) is 0 Å². The van der Waals surface area contributed by atoms with Crippen molar-refractivity contribution in [1.82, 2.24) is 10.2 Å². The van der Waals surface area contributed by atoms with E-state index >= 15 is 0 Å². The molecule has 2 N–H and O–H groups in total. The van der Waals surface area contributed by atoms with Crippen molar-refractivity contribution in [3.05, 3.63) is 0 Å². The molecule has 0 aromatic rings. The Kier molecular flexibility index (Phi) is 8.07. The first-order chi connectivity index (χ1) is 9.20. The number of aliphatic hydroxyl groups excluding tert-OH is 1. The molecule has 112 valence electrons. The van der Waals surface area contributed by atoms with Crippen molar-refractivity contribution in [3.63, 3.8) is 0 Å². The van der Waals surface area contributed by atoms with Gasteiger partial charge < -0.3 is 10.4 Å². The van der Waals surface area contributed by atoms with Crippen LogP contribution in [0.1, 0.15) is 58.8 Å². The van der Waals surface area contributed by atoms with Crippen LogP contribution >= 0.6 is 0 Å². The Hall–Kier alpha value is -0.610. The van der Waals surface area contributed by atoms with E-state index in [0.717, 1.165) is 32.2 Å². The summed E-state index contributed by atoms with van der Waals surface area (Å²) in [5, 5.41) is 12.2. The van der Waals surface area contributed by atoms with E-state index in [1.54, 1.807) is 0 Å². The van der Waals surface area contributed by atoms with E-state index in [1.807, 2.05) is 6.92 Å². The Labute approximate surface area is 117 Å². The van der Waals surface area contributed by atoms with Crippen LogP contribution < -0.4 is 5.32 Å². The van der Waals surface area contributed by atoms with Crippen molar-refractivity contribution in [3.8, 4) is 0 Å². The molecule has 0 bridgehead atoms. The molecule has 0 aliphatic heterocycles. The average Bonchev–Trinajstić information content (AvgIpc) is 2.93. The van der Waals surface area contributed by atoms with E-state index in [0.29, 0.717) is 12.6 Å². The highest BCUT2D eigenvalue weighted by atomic mass is 16.3. The number of amides is 1. The molecule has 1 atom stereocenters. The maximum atomic E-state index is 12.1. The molecule has 1 aliphatic carbocycles. The molecule has 19 heavy (non-hydrogen) atoms. The molecular weight excluding hydrogens is 240 g/mol. The first-order valence-corrected chi connectivity index (χ1v) is 7.85. The molecular formula is C15H30N2O2. The lowest BCUT2D eigenvalue weighted by Crippen LogP contribution is -2.50. The second-order valence-corrected chi connectivity index (χ2v) is 5.57. The first-order valence-electron chi connectivity index (χ1n) is 7.85. The highest BCUT2D eigenvalue weighted by molar-refractivity contribution is 5.81. The Balaban J connectivity index is 2.40. The van der Waals surface area contributed by atoms with Crippen molar-refractivity contribution in [2.45, 2.75) is 70.9 Å². The zero-order valence-corrected chi connectivity index (χ0v) is 12.5. The van der Waals surface area contributed by atoms with Crippen molar-refractivity contribution in [1.29, 1.82) is 0 Å². The summed E-state index contributed by atoms with van der Waals surface area (Å²) in [6.07, 6.45) is 8.20. The van der Waals surface area contributed by atoms with E-state index < -0.39 is 0 Å². The van der Waals surface area contributed by atoms with Crippen LogP contribution in [0.3, 0.4) is 0 Å². The Bertz CT molecular complexity index is 253. The van der Waals surface area contributed by atoms with Crippen LogP contribution in [0.25, 0.3) is 0 Å². The van der Waals surface area contributed by atoms with Crippen molar-refractivity contribution < 1.29 is 9.90 Å². The Morgan fingerprint density at radius 2 is 2.05 bits per heavy atom. The summed E-state index contributed by atoms with van der Waals surface area (Å²) in [7, 11) is 0. The van der Waals surface area contributed by atoms with Gasteiger partial charge in [-0.3, -0.25) is 9.69 Å². The number of nitrogens with zero attached hydrogens (tertiary/aromatic N) is 1. The lowest BCUT2D eigenvalue weighted by molar-refractivity contribution is -0.127. The molecule has 4 nitrogen and oxygen atoms in total. The van der Waals surface area contributed by atoms with Crippen LogP contribution in [0, 0.1) is 0 Å². The van der Waals surface area contributed by atoms with Crippen LogP contribution in [0.5, 0.6) is 0 Å². The molecule has 1 unspecified atom stereocenters. The van der Waals surface area contributed by atoms with Crippen molar-refractivity contribution in [2.24, 2.45) is 0 Å². The van der Waals surface area contributed by atoms with E-state index in [1.165, 1.54) is 19.3 Å². The predicted molar refractivity (Wildman–Crippen MR) is 78.0 cm³/mol. The lowest BCUT2D eigenvalue weighted by atomic mass is 10.1. The van der Waals surface area contributed by atoms with Gasteiger partial charge in [-0.2, -0.15) is 0 Å². The number of hydrogen-bond donors (Lipinski definition) is 2. The van der Waals surface area contributed by atoms with Gasteiger partial charge >= 0.3 is 0 Å². The smallest absolute Gasteiger partial charge is 0.237 e. The fraction of sp³-hybridized carbons (Fsp3) is 0.933. The fourth-order valence-electron chi connectivity index (χ4n) is 2.93. The van der Waals surface area contributed by atoms with E-state index in [2.05, 4.69) is 17.1 Å². The summed E-state index contributed by atoms with van der Waals surface area (Å²) >= 11 is 0. The number of nitrogens with one attached hydrogen (secondary N) is 1. The van der Waals surface area contributed by atoms with E-state index in [9.17, 15) is 9.90 Å². The molecule has 1 fully saturated rings. The SMILES string of the molecule is CCCCCNC(=O)C(C)N(CCO)C1CCCC1. The molecule has 1 amide bonds. The van der Waals surface area contributed by atoms with Gasteiger partial charge in [-0.25, -0.2) is 0 Å². The summed E-state index contributed by atoms with van der Waals surface area (Å²) in [6, 6.07) is 0.348. The topological polar surface area (TPSA) is 52.6 Å². The van der Waals surface area contributed by atoms with Crippen LogP contribution in [-0.2, 0) is 4.79 Å². The minimum Gasteiger partial charge on any atom is -0.395 e. The normalized spacial score (nSPS) is 17.9. The third kappa shape index (κ3) is 5.49. The number of carbonyl (C=O) groups excluding carboxylic acids is 1. The zero-order chi connectivity index (χ0) is 14.1. The molecule has 0 spiro atoms. The van der Waals surface area contributed by atoms with Crippen molar-refractivity contribution in [2.75, 3.05) is 19.7 Å². The standard InChI is InChI=1S/C15H30N2O2/c1-3-4-7-10-16-15(19)13(2)17(11-12-18)14-8-5-6-9-14/h13-14,18H,3-12H2,1-2H3,(H,16,19). The second-order valence-electron chi connectivity index (χ2n) is 5.57. The van der Waals surface area contributed by atoms with Gasteiger partial charge in [0.25, 0.3) is 0 Å². The average molecular weight is 270 g/mol. The van der Waals surface area contributed by atoms with Crippen LogP contribution in [0.2, 0.25) is 0 Å². The highest BCUT2D eigenvalue weighted by Gasteiger charge is 2.29. The largest absolute Gasteiger partial charge is 0.395 e. The Morgan fingerprint density at radius 1 is 1.37 bits per heavy atom. The lowest BCUT2D eigenvalue weighted by Gasteiger charge is -2.33. The first kappa shape index (κ1) is 16.4. The summed E-state index contributed by atoms with van der Waals surface area (Å²) in [5.74, 6) is 0.108. The van der Waals surface area contributed by atoms with Gasteiger partial charge in [-0.05, 0) is 26.2 Å². The van der Waals surface area contributed by atoms with E-state index in [4.69, 9.17) is 0 Å². The maximum absolute atomic E-state index is 12.1. The molecule has 0 aromatic carbocycles. The van der Waals surface area contributed by atoms with Gasteiger partial charge in [-0.1, -0.05) is 32.6 Å². The molecule has 0 radical (unpaired) electrons. The monoisotopic (exact) mass is 270 g/mol. The minimum absolute atomic E-state index is 0.108. The summed E-state index contributed by atoms with van der Waals surface area (Å²) in [6.45, 7) is 5.63. The van der Waals surface area contributed by atoms with Gasteiger partial charge in [0.2, 0.25) is 5.91 Å². The van der Waals surface area contributed by atoms with Crippen molar-refractivity contribution >= 4 is 5.91 Å². The maximum Gasteiger partial charge on any atom is 0.237 e. The molecule has 4 heteroatoms. The Morgan fingerprint density at radius 3 is 2.63 bits per heavy atom. The molecule has 1 aliphatic rings. The summed E-state index contributed by atoms with van der Waals surface area (Å²) in [5.41, 5.74) is 0. The van der Waals surface area contributed by atoms with Gasteiger partial charge in [-0.15, -0.1) is 0 Å². The number of carbonyl (C=O) groups is 1. The third-order valence-electron chi connectivity index (χ3n) is 4.11.